The molecule has 2 atom stereocenters. The molecule has 0 radical (unpaired) electrons. The van der Waals surface area contributed by atoms with Gasteiger partial charge in [0, 0.05) is 28.7 Å². The lowest BCUT2D eigenvalue weighted by molar-refractivity contribution is 0.0952. The number of carbonyl (C=O) groups is 1. The number of aryl methyl sites for hydroxylation is 1. The van der Waals surface area contributed by atoms with Crippen LogP contribution in [0.3, 0.4) is 0 Å². The zero-order chi connectivity index (χ0) is 19.2. The van der Waals surface area contributed by atoms with Gasteiger partial charge < -0.3 is 10.3 Å². The van der Waals surface area contributed by atoms with Gasteiger partial charge in [-0.1, -0.05) is 32.0 Å². The van der Waals surface area contributed by atoms with Crippen LogP contribution >= 0.6 is 0 Å². The van der Waals surface area contributed by atoms with Crippen molar-refractivity contribution in [3.8, 4) is 0 Å². The molecule has 4 heteroatoms. The Morgan fingerprint density at radius 1 is 1.15 bits per heavy atom. The molecule has 27 heavy (non-hydrogen) atoms. The van der Waals surface area contributed by atoms with Crippen LogP contribution in [0.5, 0.6) is 0 Å². The number of amides is 1. The Bertz CT molecular complexity index is 987. The van der Waals surface area contributed by atoms with Crippen molar-refractivity contribution in [1.29, 1.82) is 0 Å². The Morgan fingerprint density at radius 2 is 1.85 bits per heavy atom. The molecule has 0 aliphatic heterocycles. The van der Waals surface area contributed by atoms with Crippen LogP contribution in [0.15, 0.2) is 48.5 Å². The van der Waals surface area contributed by atoms with Gasteiger partial charge in [0.25, 0.3) is 5.91 Å². The predicted octanol–water partition coefficient (Wildman–Crippen LogP) is 5.18. The van der Waals surface area contributed by atoms with E-state index in [4.69, 9.17) is 0 Å². The van der Waals surface area contributed by atoms with Gasteiger partial charge in [0.1, 0.15) is 5.82 Å². The number of para-hydroxylation sites is 1. The van der Waals surface area contributed by atoms with E-state index in [9.17, 15) is 9.18 Å². The lowest BCUT2D eigenvalue weighted by Crippen LogP contribution is -2.25. The monoisotopic (exact) mass is 364 g/mol. The zero-order valence-electron chi connectivity index (χ0n) is 16.0. The maximum atomic E-state index is 13.0. The van der Waals surface area contributed by atoms with Crippen LogP contribution in [-0.4, -0.2) is 17.4 Å². The fraction of sp³-hybridized carbons (Fsp3) is 0.348. The number of hydrogen-bond donors (Lipinski definition) is 2. The van der Waals surface area contributed by atoms with Crippen molar-refractivity contribution < 1.29 is 9.18 Å². The summed E-state index contributed by atoms with van der Waals surface area (Å²) in [5.41, 5.74) is 4.57. The van der Waals surface area contributed by atoms with Gasteiger partial charge in [-0.2, -0.15) is 0 Å². The molecule has 0 bridgehead atoms. The van der Waals surface area contributed by atoms with E-state index < -0.39 is 0 Å². The van der Waals surface area contributed by atoms with Crippen LogP contribution in [0.2, 0.25) is 0 Å². The molecule has 3 aromatic rings. The number of hydrogen-bond acceptors (Lipinski definition) is 1. The van der Waals surface area contributed by atoms with Crippen molar-refractivity contribution >= 4 is 16.8 Å². The fourth-order valence-electron chi connectivity index (χ4n) is 4.60. The van der Waals surface area contributed by atoms with Gasteiger partial charge in [-0.25, -0.2) is 4.39 Å². The molecule has 0 spiro atoms. The molecule has 1 aliphatic rings. The molecule has 1 amide bonds. The molecule has 1 aliphatic carbocycles. The number of rotatable bonds is 5. The van der Waals surface area contributed by atoms with E-state index in [1.54, 1.807) is 0 Å². The number of carbonyl (C=O) groups excluding carboxylic acids is 1. The molecule has 1 heterocycles. The maximum absolute atomic E-state index is 13.0. The third kappa shape index (κ3) is 3.14. The first-order valence-electron chi connectivity index (χ1n) is 9.50. The first-order chi connectivity index (χ1) is 12.9. The molecule has 4 rings (SSSR count). The average Bonchev–Trinajstić information content (AvgIpc) is 3.00. The highest BCUT2D eigenvalue weighted by Crippen LogP contribution is 2.67. The predicted molar refractivity (Wildman–Crippen MR) is 106 cm³/mol. The normalized spacial score (nSPS) is 20.6. The molecule has 1 aromatic heterocycles. The Balaban J connectivity index is 1.43. The third-order valence-electron chi connectivity index (χ3n) is 6.15. The highest BCUT2D eigenvalue weighted by Gasteiger charge is 2.58. The molecular weight excluding hydrogens is 339 g/mol. The summed E-state index contributed by atoms with van der Waals surface area (Å²) in [5, 5.41) is 4.29. The molecule has 140 valence electrons. The van der Waals surface area contributed by atoms with Crippen LogP contribution in [0.25, 0.3) is 10.9 Å². The number of benzene rings is 2. The van der Waals surface area contributed by atoms with Gasteiger partial charge in [-0.3, -0.25) is 4.79 Å². The van der Waals surface area contributed by atoms with Crippen molar-refractivity contribution in [2.45, 2.75) is 33.1 Å². The number of nitrogens with one attached hydrogen (secondary N) is 2. The third-order valence-corrected chi connectivity index (χ3v) is 6.15. The highest BCUT2D eigenvalue weighted by molar-refractivity contribution is 5.94. The number of halogens is 1. The van der Waals surface area contributed by atoms with Gasteiger partial charge >= 0.3 is 0 Å². The lowest BCUT2D eigenvalue weighted by atomic mass is 10.0. The van der Waals surface area contributed by atoms with Gasteiger partial charge in [-0.05, 0) is 66.5 Å². The first kappa shape index (κ1) is 17.8. The fourth-order valence-corrected chi connectivity index (χ4v) is 4.60. The SMILES string of the molecule is Cc1[nH]c2ccccc2c1[C@H]1[C@@H](CCNC(=O)c2ccc(F)cc2)C1(C)C. The molecule has 0 saturated heterocycles. The number of fused-ring (bicyclic) bond motifs is 1. The molecule has 1 fully saturated rings. The van der Waals surface area contributed by atoms with Crippen LogP contribution in [0.4, 0.5) is 4.39 Å². The van der Waals surface area contributed by atoms with Crippen LogP contribution < -0.4 is 5.32 Å². The van der Waals surface area contributed by atoms with E-state index in [0.717, 1.165) is 6.42 Å². The van der Waals surface area contributed by atoms with Crippen LogP contribution in [-0.2, 0) is 0 Å². The summed E-state index contributed by atoms with van der Waals surface area (Å²) >= 11 is 0. The summed E-state index contributed by atoms with van der Waals surface area (Å²) in [6.07, 6.45) is 0.934. The molecule has 2 N–H and O–H groups in total. The van der Waals surface area contributed by atoms with Crippen LogP contribution in [0, 0.1) is 24.1 Å². The number of H-pyrrole nitrogens is 1. The van der Waals surface area contributed by atoms with Crippen LogP contribution in [0.1, 0.15) is 47.8 Å². The minimum Gasteiger partial charge on any atom is -0.358 e. The smallest absolute Gasteiger partial charge is 0.251 e. The minimum absolute atomic E-state index is 0.145. The number of aromatic amines is 1. The van der Waals surface area contributed by atoms with Gasteiger partial charge in [0.05, 0.1) is 0 Å². The second kappa shape index (κ2) is 6.52. The summed E-state index contributed by atoms with van der Waals surface area (Å²) < 4.78 is 13.0. The highest BCUT2D eigenvalue weighted by atomic mass is 19.1. The summed E-state index contributed by atoms with van der Waals surface area (Å²) in [5.74, 6) is 0.553. The minimum atomic E-state index is -0.330. The second-order valence-electron chi connectivity index (χ2n) is 8.17. The van der Waals surface area contributed by atoms with E-state index in [2.05, 4.69) is 55.3 Å². The Morgan fingerprint density at radius 3 is 2.59 bits per heavy atom. The molecule has 2 aromatic carbocycles. The molecule has 3 nitrogen and oxygen atoms in total. The van der Waals surface area contributed by atoms with Gasteiger partial charge in [0.2, 0.25) is 0 Å². The molecule has 1 saturated carbocycles. The van der Waals surface area contributed by atoms with Gasteiger partial charge in [-0.15, -0.1) is 0 Å². The first-order valence-corrected chi connectivity index (χ1v) is 9.50. The van der Waals surface area contributed by atoms with E-state index in [-0.39, 0.29) is 17.1 Å². The number of aromatic nitrogens is 1. The summed E-state index contributed by atoms with van der Waals surface area (Å²) in [6, 6.07) is 14.1. The van der Waals surface area contributed by atoms with Crippen molar-refractivity contribution in [1.82, 2.24) is 10.3 Å². The summed E-state index contributed by atoms with van der Waals surface area (Å²) in [4.78, 5) is 15.7. The standard InChI is InChI=1S/C23H25FN2O/c1-14-20(17-6-4-5-7-19(17)26-14)21-18(23(21,2)3)12-13-25-22(27)15-8-10-16(24)11-9-15/h4-11,18,21,26H,12-13H2,1-3H3,(H,25,27)/t18-,21-/m1/s1. The lowest BCUT2D eigenvalue weighted by Gasteiger charge is -2.06. The van der Waals surface area contributed by atoms with E-state index >= 15 is 0 Å². The average molecular weight is 364 g/mol. The Kier molecular flexibility index (Phi) is 4.29. The topological polar surface area (TPSA) is 44.9 Å². The van der Waals surface area contributed by atoms with Crippen molar-refractivity contribution in [2.75, 3.05) is 6.54 Å². The zero-order valence-corrected chi connectivity index (χ0v) is 16.0. The molecular formula is C23H25FN2O. The van der Waals surface area contributed by atoms with Crippen molar-refractivity contribution in [2.24, 2.45) is 11.3 Å². The summed E-state index contributed by atoms with van der Waals surface area (Å²) in [7, 11) is 0. The summed E-state index contributed by atoms with van der Waals surface area (Å²) in [6.45, 7) is 7.40. The van der Waals surface area contributed by atoms with Crippen molar-refractivity contribution in [3.63, 3.8) is 0 Å². The quantitative estimate of drug-likeness (QED) is 0.644. The Hall–Kier alpha value is -2.62. The van der Waals surface area contributed by atoms with E-state index in [1.807, 2.05) is 0 Å². The largest absolute Gasteiger partial charge is 0.358 e. The van der Waals surface area contributed by atoms with Gasteiger partial charge in [0.15, 0.2) is 0 Å². The molecule has 0 unspecified atom stereocenters. The van der Waals surface area contributed by atoms with E-state index in [1.165, 1.54) is 46.4 Å². The maximum Gasteiger partial charge on any atom is 0.251 e. The van der Waals surface area contributed by atoms with Crippen molar-refractivity contribution in [3.05, 3.63) is 71.2 Å². The Labute approximate surface area is 159 Å². The second-order valence-corrected chi connectivity index (χ2v) is 8.17. The van der Waals surface area contributed by atoms with E-state index in [0.29, 0.717) is 23.9 Å².